The summed E-state index contributed by atoms with van der Waals surface area (Å²) in [4.78, 5) is 70.5. The first-order valence-corrected chi connectivity index (χ1v) is 14.2. The summed E-state index contributed by atoms with van der Waals surface area (Å²) in [7, 11) is 0. The number of Topliss-reactive ketones (excluding diaryl/α,β-unsaturated/α-hetero) is 1. The molecule has 0 radical (unpaired) electrons. The minimum atomic E-state index is -1.20. The number of benzene rings is 2. The molecule has 4 unspecified atom stereocenters. The minimum Gasteiger partial charge on any atom is -0.356 e. The van der Waals surface area contributed by atoms with Gasteiger partial charge in [-0.1, -0.05) is 61.9 Å². The zero-order valence-corrected chi connectivity index (χ0v) is 23.0. The van der Waals surface area contributed by atoms with E-state index in [0.717, 1.165) is 22.9 Å². The van der Waals surface area contributed by atoms with E-state index in [1.54, 1.807) is 11.0 Å². The molecular weight excluding hydrogens is 522 g/mol. The molecule has 4 amide bonds. The lowest BCUT2D eigenvalue weighted by Gasteiger charge is -2.26. The molecule has 0 aliphatic carbocycles. The first-order chi connectivity index (χ1) is 19.8. The fourth-order valence-electron chi connectivity index (χ4n) is 5.71. The number of fused-ring (bicyclic) bond motifs is 1. The number of aromatic amines is 1. The lowest BCUT2D eigenvalue weighted by Crippen LogP contribution is -2.54. The van der Waals surface area contributed by atoms with Crippen molar-refractivity contribution in [1.82, 2.24) is 25.8 Å². The number of carbonyl (C=O) groups is 5. The molecular formula is C31H35N5O5. The van der Waals surface area contributed by atoms with E-state index in [-0.39, 0.29) is 30.7 Å². The number of rotatable bonds is 10. The number of likely N-dealkylation sites (tertiary alicyclic amines) is 1. The Morgan fingerprint density at radius 2 is 1.80 bits per heavy atom. The number of nitrogens with one attached hydrogen (secondary N) is 4. The van der Waals surface area contributed by atoms with Crippen molar-refractivity contribution in [1.29, 1.82) is 0 Å². The molecule has 5 rings (SSSR count). The lowest BCUT2D eigenvalue weighted by molar-refractivity contribution is -0.141. The fourth-order valence-corrected chi connectivity index (χ4v) is 5.71. The maximum atomic E-state index is 13.7. The van der Waals surface area contributed by atoms with Crippen LogP contribution in [0.15, 0.2) is 60.7 Å². The van der Waals surface area contributed by atoms with Crippen LogP contribution in [0, 0.1) is 11.8 Å². The number of carbonyl (C=O) groups excluding carboxylic acids is 5. The van der Waals surface area contributed by atoms with Crippen molar-refractivity contribution >= 4 is 40.3 Å². The number of hydrogen-bond donors (Lipinski definition) is 4. The van der Waals surface area contributed by atoms with Crippen LogP contribution in [0.2, 0.25) is 0 Å². The third kappa shape index (κ3) is 6.32. The Bertz CT molecular complexity index is 1420. The van der Waals surface area contributed by atoms with Crippen LogP contribution in [0.5, 0.6) is 0 Å². The van der Waals surface area contributed by atoms with Crippen molar-refractivity contribution in [2.24, 2.45) is 11.8 Å². The maximum Gasteiger partial charge on any atom is 0.289 e. The van der Waals surface area contributed by atoms with Crippen LogP contribution in [-0.4, -0.2) is 64.5 Å². The summed E-state index contributed by atoms with van der Waals surface area (Å²) in [5.41, 5.74) is 2.04. The lowest BCUT2D eigenvalue weighted by atomic mass is 9.94. The third-order valence-corrected chi connectivity index (χ3v) is 8.12. The average molecular weight is 558 g/mol. The standard InChI is InChI=1S/C31H35N5O5/c1-2-19-14-26(36(18-19)31(41)25-15-21-10-6-7-11-23(21)34-25)29(39)35-24(16-22-12-13-32-28(22)38)27(37)30(40)33-17-20-8-4-3-5-9-20/h3-11,15,19,22,24,26,34H,2,12-14,16-18H2,1H3,(H,32,38)(H,33,40)(H,35,39). The summed E-state index contributed by atoms with van der Waals surface area (Å²) in [5, 5.41) is 9.02. The van der Waals surface area contributed by atoms with Crippen LogP contribution in [0.3, 0.4) is 0 Å². The molecule has 0 saturated carbocycles. The van der Waals surface area contributed by atoms with Crippen LogP contribution in [0.25, 0.3) is 10.9 Å². The molecule has 10 heteroatoms. The van der Waals surface area contributed by atoms with Crippen LogP contribution in [0.1, 0.15) is 48.7 Å². The van der Waals surface area contributed by atoms with Crippen molar-refractivity contribution < 1.29 is 24.0 Å². The molecule has 2 fully saturated rings. The van der Waals surface area contributed by atoms with Gasteiger partial charge in [0.2, 0.25) is 17.6 Å². The third-order valence-electron chi connectivity index (χ3n) is 8.12. The van der Waals surface area contributed by atoms with Gasteiger partial charge >= 0.3 is 0 Å². The van der Waals surface area contributed by atoms with Gasteiger partial charge < -0.3 is 25.8 Å². The highest BCUT2D eigenvalue weighted by Crippen LogP contribution is 2.29. The van der Waals surface area contributed by atoms with Crippen molar-refractivity contribution in [2.45, 2.75) is 51.2 Å². The van der Waals surface area contributed by atoms with Gasteiger partial charge in [-0.3, -0.25) is 24.0 Å². The first-order valence-electron chi connectivity index (χ1n) is 14.2. The Morgan fingerprint density at radius 3 is 2.51 bits per heavy atom. The number of amides is 4. The highest BCUT2D eigenvalue weighted by atomic mass is 16.2. The Hall–Kier alpha value is -4.47. The predicted molar refractivity (Wildman–Crippen MR) is 152 cm³/mol. The second-order valence-electron chi connectivity index (χ2n) is 10.9. The number of aromatic nitrogens is 1. The monoisotopic (exact) mass is 557 g/mol. The summed E-state index contributed by atoms with van der Waals surface area (Å²) in [6, 6.07) is 16.5. The summed E-state index contributed by atoms with van der Waals surface area (Å²) in [6.45, 7) is 3.05. The Labute approximate surface area is 238 Å². The van der Waals surface area contributed by atoms with Gasteiger partial charge in [0.05, 0.1) is 6.04 Å². The number of para-hydroxylation sites is 1. The van der Waals surface area contributed by atoms with Crippen LogP contribution >= 0.6 is 0 Å². The Kier molecular flexibility index (Phi) is 8.47. The minimum absolute atomic E-state index is 0.00898. The zero-order valence-electron chi connectivity index (χ0n) is 23.0. The molecule has 3 heterocycles. The van der Waals surface area contributed by atoms with Crippen molar-refractivity contribution in [3.05, 3.63) is 71.9 Å². The van der Waals surface area contributed by atoms with Gasteiger partial charge in [-0.05, 0) is 42.9 Å². The largest absolute Gasteiger partial charge is 0.356 e. The summed E-state index contributed by atoms with van der Waals surface area (Å²) >= 11 is 0. The molecule has 2 aromatic carbocycles. The highest BCUT2D eigenvalue weighted by Gasteiger charge is 2.42. The fraction of sp³-hybridized carbons (Fsp3) is 0.387. The summed E-state index contributed by atoms with van der Waals surface area (Å²) in [5.74, 6) is -3.03. The van der Waals surface area contributed by atoms with Gasteiger partial charge in [0, 0.05) is 36.5 Å². The van der Waals surface area contributed by atoms with E-state index < -0.39 is 35.6 Å². The van der Waals surface area contributed by atoms with E-state index in [1.807, 2.05) is 61.5 Å². The van der Waals surface area contributed by atoms with Crippen LogP contribution < -0.4 is 16.0 Å². The predicted octanol–water partition coefficient (Wildman–Crippen LogP) is 2.31. The van der Waals surface area contributed by atoms with Crippen molar-refractivity contribution in [2.75, 3.05) is 13.1 Å². The first kappa shape index (κ1) is 28.1. The molecule has 0 bridgehead atoms. The van der Waals surface area contributed by atoms with Gasteiger partial charge in [0.1, 0.15) is 11.7 Å². The normalized spacial score (nSPS) is 21.0. The van der Waals surface area contributed by atoms with Gasteiger partial charge in [-0.2, -0.15) is 0 Å². The van der Waals surface area contributed by atoms with Gasteiger partial charge in [0.25, 0.3) is 11.8 Å². The second-order valence-corrected chi connectivity index (χ2v) is 10.9. The molecule has 2 saturated heterocycles. The van der Waals surface area contributed by atoms with E-state index in [0.29, 0.717) is 31.6 Å². The van der Waals surface area contributed by atoms with Gasteiger partial charge in [0.15, 0.2) is 0 Å². The summed E-state index contributed by atoms with van der Waals surface area (Å²) in [6.07, 6.45) is 1.75. The Balaban J connectivity index is 1.33. The molecule has 1 aromatic heterocycles. The van der Waals surface area contributed by atoms with E-state index in [4.69, 9.17) is 0 Å². The topological polar surface area (TPSA) is 140 Å². The van der Waals surface area contributed by atoms with E-state index >= 15 is 0 Å². The van der Waals surface area contributed by atoms with Gasteiger partial charge in [-0.25, -0.2) is 0 Å². The molecule has 10 nitrogen and oxygen atoms in total. The van der Waals surface area contributed by atoms with E-state index in [9.17, 15) is 24.0 Å². The van der Waals surface area contributed by atoms with Crippen molar-refractivity contribution in [3.63, 3.8) is 0 Å². The number of nitrogens with zero attached hydrogens (tertiary/aromatic N) is 1. The Morgan fingerprint density at radius 1 is 1.05 bits per heavy atom. The molecule has 4 N–H and O–H groups in total. The maximum absolute atomic E-state index is 13.7. The average Bonchev–Trinajstić information content (AvgIpc) is 3.73. The van der Waals surface area contributed by atoms with Crippen LogP contribution in [-0.2, 0) is 25.7 Å². The van der Waals surface area contributed by atoms with Gasteiger partial charge in [-0.15, -0.1) is 0 Å². The molecule has 4 atom stereocenters. The molecule has 2 aliphatic rings. The smallest absolute Gasteiger partial charge is 0.289 e. The van der Waals surface area contributed by atoms with E-state index in [2.05, 4.69) is 20.9 Å². The molecule has 2 aliphatic heterocycles. The number of hydrogen-bond acceptors (Lipinski definition) is 5. The SMILES string of the molecule is CCC1CC(C(=O)NC(CC2CCNC2=O)C(=O)C(=O)NCc2ccccc2)N(C(=O)c2cc3ccccc3[nH]2)C1. The molecule has 41 heavy (non-hydrogen) atoms. The number of H-pyrrole nitrogens is 1. The molecule has 214 valence electrons. The van der Waals surface area contributed by atoms with Crippen molar-refractivity contribution in [3.8, 4) is 0 Å². The molecule has 3 aromatic rings. The highest BCUT2D eigenvalue weighted by molar-refractivity contribution is 6.38. The quantitative estimate of drug-likeness (QED) is 0.283. The molecule has 0 spiro atoms. The summed E-state index contributed by atoms with van der Waals surface area (Å²) < 4.78 is 0. The second kappa shape index (κ2) is 12.4. The van der Waals surface area contributed by atoms with E-state index in [1.165, 1.54) is 0 Å². The van der Waals surface area contributed by atoms with Crippen LogP contribution in [0.4, 0.5) is 0 Å². The number of ketones is 1. The zero-order chi connectivity index (χ0) is 28.9.